The predicted octanol–water partition coefficient (Wildman–Crippen LogP) is 2.66. The van der Waals surface area contributed by atoms with Gasteiger partial charge in [-0.2, -0.15) is 0 Å². The van der Waals surface area contributed by atoms with Gasteiger partial charge in [-0.1, -0.05) is 0 Å². The minimum atomic E-state index is -4.73. The summed E-state index contributed by atoms with van der Waals surface area (Å²) in [5.74, 6) is -2.11. The van der Waals surface area contributed by atoms with Crippen molar-refractivity contribution in [1.29, 1.82) is 0 Å². The number of nitrogens with zero attached hydrogens (tertiary/aromatic N) is 3. The van der Waals surface area contributed by atoms with Crippen LogP contribution in [-0.2, 0) is 11.2 Å². The zero-order valence-corrected chi connectivity index (χ0v) is 17.7. The summed E-state index contributed by atoms with van der Waals surface area (Å²) >= 11 is 0. The predicted molar refractivity (Wildman–Crippen MR) is 110 cm³/mol. The van der Waals surface area contributed by atoms with Crippen LogP contribution in [0.4, 0.5) is 18.9 Å². The van der Waals surface area contributed by atoms with Gasteiger partial charge in [-0.05, 0) is 49.9 Å². The lowest BCUT2D eigenvalue weighted by atomic mass is 9.93. The average Bonchev–Trinajstić information content (AvgIpc) is 2.74. The molecule has 0 saturated carbocycles. The van der Waals surface area contributed by atoms with Crippen molar-refractivity contribution in [3.8, 4) is 11.5 Å². The number of anilines is 1. The highest BCUT2D eigenvalue weighted by molar-refractivity contribution is 5.96. The second kappa shape index (κ2) is 9.92. The Labute approximate surface area is 187 Å². The van der Waals surface area contributed by atoms with Gasteiger partial charge in [0.1, 0.15) is 18.1 Å². The van der Waals surface area contributed by atoms with Crippen LogP contribution in [0.3, 0.4) is 0 Å². The molecule has 2 aromatic rings. The molecule has 1 fully saturated rings. The molecule has 1 amide bonds. The molecule has 3 rings (SSSR count). The Hall–Kier alpha value is -3.57. The van der Waals surface area contributed by atoms with Crippen LogP contribution < -0.4 is 15.0 Å². The van der Waals surface area contributed by atoms with Crippen LogP contribution >= 0.6 is 0 Å². The summed E-state index contributed by atoms with van der Waals surface area (Å²) < 4.78 is 40.8. The fraction of sp³-hybridized carbons (Fsp3) is 0.429. The number of aliphatic carboxylic acids is 1. The van der Waals surface area contributed by atoms with E-state index < -0.39 is 30.5 Å². The Morgan fingerprint density at radius 1 is 1.18 bits per heavy atom. The molecule has 12 heteroatoms. The van der Waals surface area contributed by atoms with Crippen molar-refractivity contribution in [2.45, 2.75) is 32.5 Å². The number of nitrogens with one attached hydrogen (secondary N) is 1. The SMILES string of the molecule is Cc1nc(CC2CCN(c3ccc(OC(F)(F)F)cc3)CC2)nc(C(=O)NCC(=O)O)c1O. The van der Waals surface area contributed by atoms with Gasteiger partial charge in [0.05, 0.1) is 5.69 Å². The number of hydrogen-bond acceptors (Lipinski definition) is 7. The maximum absolute atomic E-state index is 12.3. The van der Waals surface area contributed by atoms with Crippen molar-refractivity contribution in [3.63, 3.8) is 0 Å². The van der Waals surface area contributed by atoms with Crippen molar-refractivity contribution < 1.29 is 37.7 Å². The second-order valence-corrected chi connectivity index (χ2v) is 7.68. The molecule has 3 N–H and O–H groups in total. The summed E-state index contributed by atoms with van der Waals surface area (Å²) in [4.78, 5) is 33.3. The van der Waals surface area contributed by atoms with Crippen molar-refractivity contribution in [2.75, 3.05) is 24.5 Å². The Bertz CT molecular complexity index is 1010. The van der Waals surface area contributed by atoms with Crippen LogP contribution in [0.5, 0.6) is 11.5 Å². The molecule has 0 atom stereocenters. The Morgan fingerprint density at radius 3 is 2.39 bits per heavy atom. The number of ether oxygens (including phenoxy) is 1. The Morgan fingerprint density at radius 2 is 1.82 bits per heavy atom. The van der Waals surface area contributed by atoms with Gasteiger partial charge in [0.25, 0.3) is 5.91 Å². The second-order valence-electron chi connectivity index (χ2n) is 7.68. The monoisotopic (exact) mass is 468 g/mol. The molecule has 33 heavy (non-hydrogen) atoms. The van der Waals surface area contributed by atoms with Crippen molar-refractivity contribution >= 4 is 17.6 Å². The zero-order chi connectivity index (χ0) is 24.2. The number of amides is 1. The lowest BCUT2D eigenvalue weighted by Crippen LogP contribution is -2.34. The van der Waals surface area contributed by atoms with E-state index in [-0.39, 0.29) is 23.1 Å². The van der Waals surface area contributed by atoms with Gasteiger partial charge in [0, 0.05) is 25.2 Å². The molecule has 9 nitrogen and oxygen atoms in total. The molecular formula is C21H23F3N4O5. The van der Waals surface area contributed by atoms with Crippen LogP contribution in [0.1, 0.15) is 34.8 Å². The quantitative estimate of drug-likeness (QED) is 0.567. The molecule has 1 aliphatic heterocycles. The summed E-state index contributed by atoms with van der Waals surface area (Å²) in [6.07, 6.45) is -2.73. The van der Waals surface area contributed by atoms with E-state index in [9.17, 15) is 27.9 Å². The Kier molecular flexibility index (Phi) is 7.24. The van der Waals surface area contributed by atoms with Gasteiger partial charge >= 0.3 is 12.3 Å². The van der Waals surface area contributed by atoms with Gasteiger partial charge in [-0.25, -0.2) is 9.97 Å². The van der Waals surface area contributed by atoms with E-state index in [2.05, 4.69) is 24.9 Å². The number of carbonyl (C=O) groups is 2. The van der Waals surface area contributed by atoms with E-state index in [1.54, 1.807) is 12.1 Å². The summed E-state index contributed by atoms with van der Waals surface area (Å²) in [5.41, 5.74) is 0.744. The van der Waals surface area contributed by atoms with Crippen molar-refractivity contribution in [1.82, 2.24) is 15.3 Å². The summed E-state index contributed by atoms with van der Waals surface area (Å²) in [5, 5.41) is 21.0. The standard InChI is InChI=1S/C21H23F3N4O5/c1-12-19(31)18(20(32)25-11-17(29)30)27-16(26-12)10-13-6-8-28(9-7-13)14-2-4-15(5-3-14)33-21(22,23)24/h2-5,13,31H,6-11H2,1H3,(H,25,32)(H,29,30). The first-order chi connectivity index (χ1) is 15.5. The molecule has 0 bridgehead atoms. The number of alkyl halides is 3. The maximum atomic E-state index is 12.3. The molecule has 0 spiro atoms. The highest BCUT2D eigenvalue weighted by atomic mass is 19.4. The number of rotatable bonds is 7. The number of hydrogen-bond donors (Lipinski definition) is 3. The summed E-state index contributed by atoms with van der Waals surface area (Å²) in [6.45, 7) is 2.28. The number of aromatic hydroxyl groups is 1. The van der Waals surface area contributed by atoms with Gasteiger partial charge in [-0.15, -0.1) is 13.2 Å². The molecule has 1 aliphatic rings. The summed E-state index contributed by atoms with van der Waals surface area (Å²) in [6, 6.07) is 5.71. The fourth-order valence-electron chi connectivity index (χ4n) is 3.63. The molecule has 1 aromatic carbocycles. The first-order valence-electron chi connectivity index (χ1n) is 10.2. The first-order valence-corrected chi connectivity index (χ1v) is 10.2. The fourth-order valence-corrected chi connectivity index (χ4v) is 3.63. The number of carbonyl (C=O) groups excluding carboxylic acids is 1. The van der Waals surface area contributed by atoms with E-state index in [4.69, 9.17) is 5.11 Å². The number of carboxylic acid groups (broad SMARTS) is 1. The highest BCUT2D eigenvalue weighted by Gasteiger charge is 2.31. The number of benzene rings is 1. The van der Waals surface area contributed by atoms with E-state index >= 15 is 0 Å². The summed E-state index contributed by atoms with van der Waals surface area (Å²) in [7, 11) is 0. The normalized spacial score (nSPS) is 14.7. The van der Waals surface area contributed by atoms with Crippen LogP contribution in [-0.4, -0.2) is 58.1 Å². The van der Waals surface area contributed by atoms with Crippen LogP contribution in [0.2, 0.25) is 0 Å². The molecule has 1 saturated heterocycles. The molecule has 178 valence electrons. The van der Waals surface area contributed by atoms with Gasteiger partial charge in [0.15, 0.2) is 11.4 Å². The topological polar surface area (TPSA) is 125 Å². The van der Waals surface area contributed by atoms with Gasteiger partial charge in [0.2, 0.25) is 0 Å². The highest BCUT2D eigenvalue weighted by Crippen LogP contribution is 2.29. The van der Waals surface area contributed by atoms with Crippen molar-refractivity contribution in [2.24, 2.45) is 5.92 Å². The maximum Gasteiger partial charge on any atom is 0.573 e. The third-order valence-corrected chi connectivity index (χ3v) is 5.24. The zero-order valence-electron chi connectivity index (χ0n) is 17.7. The minimum Gasteiger partial charge on any atom is -0.504 e. The lowest BCUT2D eigenvalue weighted by molar-refractivity contribution is -0.274. The third-order valence-electron chi connectivity index (χ3n) is 5.24. The largest absolute Gasteiger partial charge is 0.573 e. The third kappa shape index (κ3) is 6.70. The molecular weight excluding hydrogens is 445 g/mol. The Balaban J connectivity index is 1.59. The van der Waals surface area contributed by atoms with E-state index in [1.807, 2.05) is 0 Å². The van der Waals surface area contributed by atoms with E-state index in [0.29, 0.717) is 25.3 Å². The van der Waals surface area contributed by atoms with Gasteiger partial charge in [-0.3, -0.25) is 9.59 Å². The van der Waals surface area contributed by atoms with Crippen LogP contribution in [0.15, 0.2) is 24.3 Å². The number of carboxylic acids is 1. The minimum absolute atomic E-state index is 0.202. The number of halogens is 3. The van der Waals surface area contributed by atoms with Crippen LogP contribution in [0, 0.1) is 12.8 Å². The van der Waals surface area contributed by atoms with Crippen LogP contribution in [0.25, 0.3) is 0 Å². The lowest BCUT2D eigenvalue weighted by Gasteiger charge is -2.33. The number of aromatic nitrogens is 2. The smallest absolute Gasteiger partial charge is 0.504 e. The van der Waals surface area contributed by atoms with E-state index in [1.165, 1.54) is 19.1 Å². The molecule has 2 heterocycles. The average molecular weight is 468 g/mol. The molecule has 0 radical (unpaired) electrons. The first kappa shape index (κ1) is 24.1. The van der Waals surface area contributed by atoms with Crippen molar-refractivity contribution in [3.05, 3.63) is 41.5 Å². The van der Waals surface area contributed by atoms with Gasteiger partial charge < -0.3 is 25.2 Å². The molecule has 0 aliphatic carbocycles. The molecule has 0 unspecified atom stereocenters. The number of piperidine rings is 1. The van der Waals surface area contributed by atoms with E-state index in [0.717, 1.165) is 18.5 Å². The number of aryl methyl sites for hydroxylation is 1. The molecule has 1 aromatic heterocycles.